The minimum atomic E-state index is -4.68. The van der Waals surface area contributed by atoms with E-state index in [4.69, 9.17) is 24.8 Å². The van der Waals surface area contributed by atoms with Crippen LogP contribution < -0.4 is 5.73 Å². The van der Waals surface area contributed by atoms with Crippen LogP contribution in [0.25, 0.3) is 0 Å². The van der Waals surface area contributed by atoms with E-state index in [9.17, 15) is 23.8 Å². The van der Waals surface area contributed by atoms with Gasteiger partial charge in [0.1, 0.15) is 12.6 Å². The molecule has 0 radical (unpaired) electrons. The van der Waals surface area contributed by atoms with Gasteiger partial charge in [0.25, 0.3) is 0 Å². The Balaban J connectivity index is 4.03. The van der Waals surface area contributed by atoms with Crippen molar-refractivity contribution in [2.45, 2.75) is 122 Å². The molecule has 0 spiro atoms. The Morgan fingerprint density at radius 1 is 0.711 bits per heavy atom. The van der Waals surface area contributed by atoms with Crippen LogP contribution in [-0.2, 0) is 37.5 Å². The number of allylic oxidation sites excluding steroid dienone is 8. The number of ether oxygens (including phenoxy) is 2. The van der Waals surface area contributed by atoms with Crippen LogP contribution in [0.15, 0.2) is 48.6 Å². The lowest BCUT2D eigenvalue weighted by Crippen LogP contribution is -2.34. The predicted molar refractivity (Wildman–Crippen MR) is 175 cm³/mol. The number of hydrogen-bond donors (Lipinski definition) is 3. The number of aliphatic carboxylic acids is 1. The van der Waals surface area contributed by atoms with Gasteiger partial charge in [0.15, 0.2) is 6.10 Å². The Kier molecular flexibility index (Phi) is 27.2. The van der Waals surface area contributed by atoms with Crippen LogP contribution in [-0.4, -0.2) is 59.9 Å². The van der Waals surface area contributed by atoms with Crippen LogP contribution in [0.3, 0.4) is 0 Å². The van der Waals surface area contributed by atoms with Gasteiger partial charge >= 0.3 is 25.7 Å². The summed E-state index contributed by atoms with van der Waals surface area (Å²) in [5.74, 6) is -2.50. The summed E-state index contributed by atoms with van der Waals surface area (Å²) in [5.41, 5.74) is 5.24. The third kappa shape index (κ3) is 28.6. The lowest BCUT2D eigenvalue weighted by molar-refractivity contribution is -0.161. The van der Waals surface area contributed by atoms with Gasteiger partial charge in [-0.3, -0.25) is 23.4 Å². The van der Waals surface area contributed by atoms with E-state index in [1.807, 2.05) is 0 Å². The number of unbranched alkanes of at least 4 members (excludes halogenated alkanes) is 8. The maximum atomic E-state index is 12.3. The molecule has 0 bridgehead atoms. The van der Waals surface area contributed by atoms with E-state index in [0.29, 0.717) is 6.42 Å². The van der Waals surface area contributed by atoms with Crippen molar-refractivity contribution in [3.8, 4) is 0 Å². The quantitative estimate of drug-likeness (QED) is 0.0324. The molecule has 45 heavy (non-hydrogen) atoms. The first kappa shape index (κ1) is 42.4. The second-order valence-corrected chi connectivity index (χ2v) is 12.0. The molecule has 3 unspecified atom stereocenters. The number of hydrogen-bond acceptors (Lipinski definition) is 9. The van der Waals surface area contributed by atoms with Gasteiger partial charge in [-0.1, -0.05) is 101 Å². The maximum Gasteiger partial charge on any atom is 0.472 e. The Hall–Kier alpha value is -2.56. The molecule has 0 aliphatic carbocycles. The first-order valence-corrected chi connectivity index (χ1v) is 17.7. The summed E-state index contributed by atoms with van der Waals surface area (Å²) in [5, 5.41) is 8.75. The van der Waals surface area contributed by atoms with Crippen molar-refractivity contribution in [2.75, 3.05) is 19.8 Å². The summed E-state index contributed by atoms with van der Waals surface area (Å²) >= 11 is 0. The third-order valence-electron chi connectivity index (χ3n) is 6.40. The van der Waals surface area contributed by atoms with Gasteiger partial charge < -0.3 is 25.2 Å². The molecule has 0 saturated heterocycles. The predicted octanol–water partition coefficient (Wildman–Crippen LogP) is 7.10. The fourth-order valence-corrected chi connectivity index (χ4v) is 4.58. The van der Waals surface area contributed by atoms with Crippen LogP contribution in [0, 0.1) is 0 Å². The molecule has 0 rings (SSSR count). The number of esters is 2. The number of nitrogens with two attached hydrogens (primary N) is 1. The largest absolute Gasteiger partial charge is 0.480 e. The lowest BCUT2D eigenvalue weighted by Gasteiger charge is -2.20. The molecule has 12 heteroatoms. The Morgan fingerprint density at radius 2 is 1.22 bits per heavy atom. The molecule has 0 aliphatic heterocycles. The average molecular weight is 658 g/mol. The van der Waals surface area contributed by atoms with E-state index in [-0.39, 0.29) is 19.4 Å². The van der Waals surface area contributed by atoms with Crippen molar-refractivity contribution in [3.05, 3.63) is 48.6 Å². The molecule has 0 heterocycles. The van der Waals surface area contributed by atoms with Gasteiger partial charge in [0.05, 0.1) is 13.2 Å². The lowest BCUT2D eigenvalue weighted by atomic mass is 10.1. The smallest absolute Gasteiger partial charge is 0.472 e. The number of phosphoric ester groups is 1. The molecule has 0 amide bonds. The van der Waals surface area contributed by atoms with Gasteiger partial charge in [-0.25, -0.2) is 4.57 Å². The van der Waals surface area contributed by atoms with Crippen LogP contribution >= 0.6 is 7.82 Å². The summed E-state index contributed by atoms with van der Waals surface area (Å²) in [6.45, 7) is 2.01. The highest BCUT2D eigenvalue weighted by atomic mass is 31.2. The van der Waals surface area contributed by atoms with Gasteiger partial charge in [-0.05, 0) is 44.9 Å². The summed E-state index contributed by atoms with van der Waals surface area (Å²) < 4.78 is 31.6. The van der Waals surface area contributed by atoms with Gasteiger partial charge in [0, 0.05) is 12.8 Å². The molecule has 0 aromatic carbocycles. The fourth-order valence-electron chi connectivity index (χ4n) is 3.80. The van der Waals surface area contributed by atoms with Crippen molar-refractivity contribution >= 4 is 25.7 Å². The van der Waals surface area contributed by atoms with E-state index >= 15 is 0 Å². The van der Waals surface area contributed by atoms with Crippen molar-refractivity contribution in [2.24, 2.45) is 5.73 Å². The molecule has 258 valence electrons. The zero-order valence-electron chi connectivity index (χ0n) is 27.2. The molecular formula is C33H56NO10P. The van der Waals surface area contributed by atoms with Gasteiger partial charge in [-0.2, -0.15) is 0 Å². The number of carboxylic acid groups (broad SMARTS) is 1. The number of carbonyl (C=O) groups is 3. The van der Waals surface area contributed by atoms with Crippen molar-refractivity contribution in [1.29, 1.82) is 0 Å². The second-order valence-electron chi connectivity index (χ2n) is 10.5. The van der Waals surface area contributed by atoms with Crippen LogP contribution in [0.5, 0.6) is 0 Å². The number of phosphoric acid groups is 1. The fraction of sp³-hybridized carbons (Fsp3) is 0.667. The Bertz CT molecular complexity index is 963. The van der Waals surface area contributed by atoms with E-state index in [1.54, 1.807) is 6.92 Å². The third-order valence-corrected chi connectivity index (χ3v) is 7.35. The minimum absolute atomic E-state index is 0.0987. The first-order chi connectivity index (χ1) is 21.6. The molecule has 0 saturated carbocycles. The highest BCUT2D eigenvalue weighted by Gasteiger charge is 2.28. The first-order valence-electron chi connectivity index (χ1n) is 16.2. The number of rotatable bonds is 29. The van der Waals surface area contributed by atoms with E-state index in [0.717, 1.165) is 57.8 Å². The molecule has 4 N–H and O–H groups in total. The standard InChI is InChI=1S/C33H56NO10P/c1-3-5-6-7-8-9-10-11-12-13-14-15-16-17-18-19-20-21-22-23-24-25-32(36)44-29(26-41-31(35)4-2)27-42-45(39,40)43-28-30(34)33(37)38/h5-6,8-9,11-12,14-15,29-30H,3-4,7,10,13,16-28,34H2,1-2H3,(H,37,38)(H,39,40)/b6-5-,9-8-,12-11-,15-14-. The molecule has 0 aliphatic rings. The van der Waals surface area contributed by atoms with E-state index < -0.39 is 51.1 Å². The molecule has 0 aromatic heterocycles. The van der Waals surface area contributed by atoms with Gasteiger partial charge in [-0.15, -0.1) is 0 Å². The molecule has 11 nitrogen and oxygen atoms in total. The topological polar surface area (TPSA) is 172 Å². The molecule has 0 aromatic rings. The molecule has 0 fully saturated rings. The average Bonchev–Trinajstić information content (AvgIpc) is 3.01. The van der Waals surface area contributed by atoms with Crippen LogP contribution in [0.2, 0.25) is 0 Å². The van der Waals surface area contributed by atoms with E-state index in [1.165, 1.54) is 19.3 Å². The maximum absolute atomic E-state index is 12.3. The second kappa shape index (κ2) is 28.9. The summed E-state index contributed by atoms with van der Waals surface area (Å²) in [6.07, 6.45) is 30.2. The highest BCUT2D eigenvalue weighted by Crippen LogP contribution is 2.43. The zero-order valence-corrected chi connectivity index (χ0v) is 28.1. The summed E-state index contributed by atoms with van der Waals surface area (Å²) in [4.78, 5) is 44.3. The Labute approximate surface area is 269 Å². The van der Waals surface area contributed by atoms with Gasteiger partial charge in [0.2, 0.25) is 0 Å². The van der Waals surface area contributed by atoms with Crippen LogP contribution in [0.1, 0.15) is 110 Å². The zero-order chi connectivity index (χ0) is 33.6. The van der Waals surface area contributed by atoms with Crippen molar-refractivity contribution in [3.63, 3.8) is 0 Å². The summed E-state index contributed by atoms with van der Waals surface area (Å²) in [7, 11) is -4.68. The van der Waals surface area contributed by atoms with E-state index in [2.05, 4.69) is 60.1 Å². The monoisotopic (exact) mass is 657 g/mol. The van der Waals surface area contributed by atoms with Crippen LogP contribution in [0.4, 0.5) is 0 Å². The Morgan fingerprint density at radius 3 is 1.78 bits per heavy atom. The minimum Gasteiger partial charge on any atom is -0.480 e. The van der Waals surface area contributed by atoms with Crippen molar-refractivity contribution < 1.29 is 47.5 Å². The molecule has 3 atom stereocenters. The number of carbonyl (C=O) groups excluding carboxylic acids is 2. The normalized spacial score (nSPS) is 14.8. The van der Waals surface area contributed by atoms with Crippen molar-refractivity contribution in [1.82, 2.24) is 0 Å². The SMILES string of the molecule is CC/C=C\C/C=C\C/C=C\C/C=C\CCCCCCCCCCC(=O)OC(COC(=O)CC)COP(=O)(O)OCC(N)C(=O)O. The number of carboxylic acids is 1. The summed E-state index contributed by atoms with van der Waals surface area (Å²) in [6, 6.07) is -1.52. The molecular weight excluding hydrogens is 601 g/mol. The highest BCUT2D eigenvalue weighted by molar-refractivity contribution is 7.47.